The number of aromatic nitrogens is 5. The van der Waals surface area contributed by atoms with Gasteiger partial charge in [-0.15, -0.1) is 6.58 Å². The fraction of sp³-hybridized carbons (Fsp3) is 0.259. The lowest BCUT2D eigenvalue weighted by molar-refractivity contribution is 0.0738. The standard InChI is InChI=1S/C27H28N6O3/c1-6-16-32-24(34)20-17-28-25(29-19-12-10-18(11-13-19)14-15-26(2,3)35)31-23(20)33(32)22-9-7-8-21(30-22)27(4,5)36/h6-13,17,35-36H,1,16H2,2-5H3,(H,28,29,31). The molecule has 0 fully saturated rings. The molecule has 0 aliphatic heterocycles. The molecule has 9 heteroatoms. The van der Waals surface area contributed by atoms with Gasteiger partial charge in [-0.3, -0.25) is 4.79 Å². The van der Waals surface area contributed by atoms with E-state index in [-0.39, 0.29) is 12.1 Å². The Bertz CT molecular complexity index is 1540. The van der Waals surface area contributed by atoms with Crippen molar-refractivity contribution in [2.45, 2.75) is 45.4 Å². The van der Waals surface area contributed by atoms with Crippen molar-refractivity contribution in [3.63, 3.8) is 0 Å². The van der Waals surface area contributed by atoms with Gasteiger partial charge < -0.3 is 15.5 Å². The van der Waals surface area contributed by atoms with Crippen LogP contribution in [0.1, 0.15) is 39.0 Å². The first-order valence-electron chi connectivity index (χ1n) is 11.4. The molecule has 0 saturated heterocycles. The summed E-state index contributed by atoms with van der Waals surface area (Å²) in [7, 11) is 0. The number of fused-ring (bicyclic) bond motifs is 1. The Morgan fingerprint density at radius 3 is 2.44 bits per heavy atom. The summed E-state index contributed by atoms with van der Waals surface area (Å²) >= 11 is 0. The van der Waals surface area contributed by atoms with Crippen molar-refractivity contribution in [2.75, 3.05) is 5.32 Å². The van der Waals surface area contributed by atoms with Crippen molar-refractivity contribution in [3.05, 3.63) is 82.9 Å². The first-order chi connectivity index (χ1) is 17.0. The third-order valence-corrected chi connectivity index (χ3v) is 5.21. The number of pyridine rings is 1. The number of nitrogens with zero attached hydrogens (tertiary/aromatic N) is 5. The molecule has 184 valence electrons. The topological polar surface area (TPSA) is 118 Å². The monoisotopic (exact) mass is 484 g/mol. The molecule has 0 bridgehead atoms. The Morgan fingerprint density at radius 1 is 1.08 bits per heavy atom. The molecule has 4 aromatic rings. The number of allylic oxidation sites excluding steroid dienone is 1. The molecule has 1 aromatic carbocycles. The van der Waals surface area contributed by atoms with E-state index in [1.807, 2.05) is 24.3 Å². The van der Waals surface area contributed by atoms with E-state index in [1.165, 1.54) is 10.9 Å². The SMILES string of the molecule is C=CCn1c(=O)c2cnc(Nc3ccc(C#CC(C)(C)O)cc3)nc2n1-c1cccc(C(C)(C)O)n1. The third-order valence-electron chi connectivity index (χ3n) is 5.21. The third kappa shape index (κ3) is 5.35. The lowest BCUT2D eigenvalue weighted by Gasteiger charge is -2.18. The summed E-state index contributed by atoms with van der Waals surface area (Å²) in [5.41, 5.74) is -0.196. The Hall–Kier alpha value is -4.26. The van der Waals surface area contributed by atoms with Crippen molar-refractivity contribution in [3.8, 4) is 17.7 Å². The van der Waals surface area contributed by atoms with Gasteiger partial charge in [0.05, 0.1) is 12.2 Å². The number of rotatable bonds is 6. The molecule has 0 spiro atoms. The van der Waals surface area contributed by atoms with Crippen LogP contribution < -0.4 is 10.9 Å². The van der Waals surface area contributed by atoms with Crippen LogP contribution in [0.5, 0.6) is 0 Å². The maximum absolute atomic E-state index is 13.1. The maximum atomic E-state index is 13.1. The van der Waals surface area contributed by atoms with Gasteiger partial charge in [-0.2, -0.15) is 4.98 Å². The molecule has 0 aliphatic rings. The van der Waals surface area contributed by atoms with Crippen molar-refractivity contribution in [2.24, 2.45) is 0 Å². The summed E-state index contributed by atoms with van der Waals surface area (Å²) < 4.78 is 3.08. The summed E-state index contributed by atoms with van der Waals surface area (Å²) in [6.07, 6.45) is 3.09. The van der Waals surface area contributed by atoms with Gasteiger partial charge in [0, 0.05) is 17.4 Å². The van der Waals surface area contributed by atoms with E-state index in [1.54, 1.807) is 56.7 Å². The van der Waals surface area contributed by atoms with Gasteiger partial charge in [-0.05, 0) is 64.1 Å². The molecule has 0 atom stereocenters. The van der Waals surface area contributed by atoms with Crippen LogP contribution in [-0.4, -0.2) is 40.1 Å². The van der Waals surface area contributed by atoms with E-state index < -0.39 is 11.2 Å². The summed E-state index contributed by atoms with van der Waals surface area (Å²) in [5.74, 6) is 6.43. The molecule has 36 heavy (non-hydrogen) atoms. The van der Waals surface area contributed by atoms with Crippen LogP contribution in [0.15, 0.2) is 66.1 Å². The summed E-state index contributed by atoms with van der Waals surface area (Å²) in [5, 5.41) is 23.7. The molecule has 3 heterocycles. The molecule has 0 radical (unpaired) electrons. The normalized spacial score (nSPS) is 11.7. The Kier molecular flexibility index (Phi) is 6.50. The second-order valence-electron chi connectivity index (χ2n) is 9.37. The van der Waals surface area contributed by atoms with Gasteiger partial charge in [0.2, 0.25) is 5.95 Å². The van der Waals surface area contributed by atoms with Crippen molar-refractivity contribution in [1.29, 1.82) is 0 Å². The molecule has 0 saturated carbocycles. The minimum Gasteiger partial charge on any atom is -0.384 e. The fourth-order valence-electron chi connectivity index (χ4n) is 3.48. The zero-order chi connectivity index (χ0) is 26.1. The molecular formula is C27H28N6O3. The van der Waals surface area contributed by atoms with Crippen molar-refractivity contribution in [1.82, 2.24) is 24.3 Å². The van der Waals surface area contributed by atoms with Crippen LogP contribution in [0.25, 0.3) is 16.9 Å². The molecule has 3 aromatic heterocycles. The van der Waals surface area contributed by atoms with Gasteiger partial charge >= 0.3 is 0 Å². The predicted molar refractivity (Wildman–Crippen MR) is 139 cm³/mol. The highest BCUT2D eigenvalue weighted by atomic mass is 16.3. The highest BCUT2D eigenvalue weighted by Gasteiger charge is 2.21. The Morgan fingerprint density at radius 2 is 1.81 bits per heavy atom. The van der Waals surface area contributed by atoms with Crippen LogP contribution >= 0.6 is 0 Å². The van der Waals surface area contributed by atoms with Crippen LogP contribution in [0.3, 0.4) is 0 Å². The second-order valence-corrected chi connectivity index (χ2v) is 9.37. The van der Waals surface area contributed by atoms with E-state index in [2.05, 4.69) is 38.7 Å². The molecule has 0 aliphatic carbocycles. The molecule has 0 amide bonds. The number of benzene rings is 1. The minimum absolute atomic E-state index is 0.236. The number of anilines is 2. The second kappa shape index (κ2) is 9.41. The van der Waals surface area contributed by atoms with Crippen LogP contribution in [0.2, 0.25) is 0 Å². The Balaban J connectivity index is 1.76. The van der Waals surface area contributed by atoms with Crippen molar-refractivity contribution < 1.29 is 10.2 Å². The minimum atomic E-state index is -1.16. The molecule has 3 N–H and O–H groups in total. The number of hydrogen-bond acceptors (Lipinski definition) is 7. The summed E-state index contributed by atoms with van der Waals surface area (Å²) in [6, 6.07) is 12.5. The van der Waals surface area contributed by atoms with E-state index in [0.29, 0.717) is 28.5 Å². The zero-order valence-electron chi connectivity index (χ0n) is 20.6. The van der Waals surface area contributed by atoms with E-state index in [0.717, 1.165) is 11.3 Å². The summed E-state index contributed by atoms with van der Waals surface area (Å²) in [6.45, 7) is 10.5. The maximum Gasteiger partial charge on any atom is 0.278 e. The number of hydrogen-bond donors (Lipinski definition) is 3. The van der Waals surface area contributed by atoms with Gasteiger partial charge in [-0.25, -0.2) is 19.3 Å². The van der Waals surface area contributed by atoms with Gasteiger partial charge in [0.25, 0.3) is 5.56 Å². The smallest absolute Gasteiger partial charge is 0.278 e. The average molecular weight is 485 g/mol. The lowest BCUT2D eigenvalue weighted by atomic mass is 10.1. The Labute approximate surface area is 208 Å². The van der Waals surface area contributed by atoms with E-state index in [9.17, 15) is 15.0 Å². The van der Waals surface area contributed by atoms with E-state index >= 15 is 0 Å². The predicted octanol–water partition coefficient (Wildman–Crippen LogP) is 3.26. The van der Waals surface area contributed by atoms with Gasteiger partial charge in [0.15, 0.2) is 11.5 Å². The van der Waals surface area contributed by atoms with Crippen LogP contribution in [-0.2, 0) is 12.1 Å². The van der Waals surface area contributed by atoms with Crippen LogP contribution in [0, 0.1) is 11.8 Å². The van der Waals surface area contributed by atoms with Gasteiger partial charge in [-0.1, -0.05) is 24.0 Å². The number of aliphatic hydroxyl groups is 2. The molecule has 9 nitrogen and oxygen atoms in total. The lowest BCUT2D eigenvalue weighted by Crippen LogP contribution is -2.23. The first-order valence-corrected chi connectivity index (χ1v) is 11.4. The fourth-order valence-corrected chi connectivity index (χ4v) is 3.48. The highest BCUT2D eigenvalue weighted by Crippen LogP contribution is 2.22. The largest absolute Gasteiger partial charge is 0.384 e. The van der Waals surface area contributed by atoms with Crippen molar-refractivity contribution >= 4 is 22.7 Å². The first kappa shape index (κ1) is 24.9. The van der Waals surface area contributed by atoms with Crippen LogP contribution in [0.4, 0.5) is 11.6 Å². The average Bonchev–Trinajstić information content (AvgIpc) is 3.09. The highest BCUT2D eigenvalue weighted by molar-refractivity contribution is 5.77. The zero-order valence-corrected chi connectivity index (χ0v) is 20.6. The molecular weight excluding hydrogens is 456 g/mol. The molecule has 0 unspecified atom stereocenters. The van der Waals surface area contributed by atoms with E-state index in [4.69, 9.17) is 0 Å². The molecule has 4 rings (SSSR count). The summed E-state index contributed by atoms with van der Waals surface area (Å²) in [4.78, 5) is 26.6. The number of nitrogens with one attached hydrogen (secondary N) is 1. The quantitative estimate of drug-likeness (QED) is 0.284. The van der Waals surface area contributed by atoms with Gasteiger partial charge in [0.1, 0.15) is 16.6 Å².